The molecule has 0 saturated carbocycles. The summed E-state index contributed by atoms with van der Waals surface area (Å²) in [6, 6.07) is 9.14. The normalized spacial score (nSPS) is 25.4. The van der Waals surface area contributed by atoms with Crippen LogP contribution in [0.5, 0.6) is 0 Å². The monoisotopic (exact) mass is 417 g/mol. The van der Waals surface area contributed by atoms with E-state index in [1.807, 2.05) is 30.3 Å². The minimum atomic E-state index is -0.721. The molecule has 158 valence electrons. The van der Waals surface area contributed by atoms with Crippen LogP contribution < -0.4 is 16.2 Å². The summed E-state index contributed by atoms with van der Waals surface area (Å²) in [7, 11) is 0. The molecule has 0 aliphatic carbocycles. The SMILES string of the molecule is O=C(O)CCCC=CC[C@H]1[C@@H](CCNNC(=O)Nc2ccccc2)[C@H]2CC[C@@H]1S2. The second kappa shape index (κ2) is 11.3. The number of aliphatic carboxylic acids is 1. The number of hydrogen-bond donors (Lipinski definition) is 4. The molecule has 0 unspecified atom stereocenters. The number of anilines is 1. The van der Waals surface area contributed by atoms with Gasteiger partial charge in [0.05, 0.1) is 0 Å². The van der Waals surface area contributed by atoms with Crippen LogP contribution in [0.15, 0.2) is 42.5 Å². The van der Waals surface area contributed by atoms with E-state index in [9.17, 15) is 9.59 Å². The van der Waals surface area contributed by atoms with Crippen molar-refractivity contribution in [1.82, 2.24) is 10.9 Å². The van der Waals surface area contributed by atoms with Gasteiger partial charge in [-0.2, -0.15) is 11.8 Å². The summed E-state index contributed by atoms with van der Waals surface area (Å²) in [5.41, 5.74) is 6.55. The van der Waals surface area contributed by atoms with Crippen LogP contribution in [0.4, 0.5) is 10.5 Å². The fourth-order valence-corrected chi connectivity index (χ4v) is 6.45. The number of benzene rings is 1. The summed E-state index contributed by atoms with van der Waals surface area (Å²) in [6.45, 7) is 0.759. The van der Waals surface area contributed by atoms with Crippen molar-refractivity contribution in [2.75, 3.05) is 11.9 Å². The molecule has 2 amide bonds. The third-order valence-electron chi connectivity index (χ3n) is 5.76. The van der Waals surface area contributed by atoms with Crippen LogP contribution in [-0.4, -0.2) is 34.2 Å². The van der Waals surface area contributed by atoms with Gasteiger partial charge in [-0.25, -0.2) is 10.2 Å². The Morgan fingerprint density at radius 2 is 1.86 bits per heavy atom. The molecule has 1 aromatic rings. The number of hydrazine groups is 1. The zero-order chi connectivity index (χ0) is 20.5. The highest BCUT2D eigenvalue weighted by Gasteiger charge is 2.46. The van der Waals surface area contributed by atoms with E-state index < -0.39 is 5.97 Å². The standard InChI is InChI=1S/C22H31N3O3S/c26-21(27)11-7-2-1-6-10-17-18(20-13-12-19(17)29-20)14-15-23-25-22(28)24-16-8-4-3-5-9-16/h1,3-6,8-9,17-20,23H,2,7,10-15H2,(H,26,27)(H2,24,25,28)/t17-,18+,19-,20+/m0/s1. The Morgan fingerprint density at radius 3 is 2.62 bits per heavy atom. The fraction of sp³-hybridized carbons (Fsp3) is 0.545. The van der Waals surface area contributed by atoms with Crippen molar-refractivity contribution < 1.29 is 14.7 Å². The molecular formula is C22H31N3O3S. The lowest BCUT2D eigenvalue weighted by Crippen LogP contribution is -2.42. The lowest BCUT2D eigenvalue weighted by molar-refractivity contribution is -0.137. The first-order chi connectivity index (χ1) is 14.1. The summed E-state index contributed by atoms with van der Waals surface area (Å²) >= 11 is 2.15. The Balaban J connectivity index is 1.35. The maximum Gasteiger partial charge on any atom is 0.333 e. The van der Waals surface area contributed by atoms with Gasteiger partial charge in [0, 0.05) is 29.2 Å². The van der Waals surface area contributed by atoms with Crippen molar-refractivity contribution in [2.24, 2.45) is 11.8 Å². The molecule has 6 nitrogen and oxygen atoms in total. The molecule has 2 fully saturated rings. The van der Waals surface area contributed by atoms with Gasteiger partial charge in [-0.15, -0.1) is 0 Å². The number of allylic oxidation sites excluding steroid dienone is 2. The number of nitrogens with one attached hydrogen (secondary N) is 3. The first-order valence-electron chi connectivity index (χ1n) is 10.5. The van der Waals surface area contributed by atoms with Gasteiger partial charge in [0.25, 0.3) is 0 Å². The van der Waals surface area contributed by atoms with Crippen LogP contribution in [0, 0.1) is 11.8 Å². The highest BCUT2D eigenvalue weighted by molar-refractivity contribution is 8.01. The Bertz CT molecular complexity index is 698. The van der Waals surface area contributed by atoms with Gasteiger partial charge in [-0.3, -0.25) is 10.2 Å². The Morgan fingerprint density at radius 1 is 1.10 bits per heavy atom. The largest absolute Gasteiger partial charge is 0.481 e. The summed E-state index contributed by atoms with van der Waals surface area (Å²) < 4.78 is 0. The van der Waals surface area contributed by atoms with Crippen LogP contribution in [0.2, 0.25) is 0 Å². The average molecular weight is 418 g/mol. The second-order valence-corrected chi connectivity index (χ2v) is 9.25. The summed E-state index contributed by atoms with van der Waals surface area (Å²) in [5.74, 6) is 0.643. The summed E-state index contributed by atoms with van der Waals surface area (Å²) in [6.07, 6.45) is 10.9. The number of thioether (sulfide) groups is 1. The number of carboxylic acids is 1. The van der Waals surface area contributed by atoms with Crippen LogP contribution in [-0.2, 0) is 4.79 Å². The van der Waals surface area contributed by atoms with Gasteiger partial charge in [-0.05, 0) is 62.5 Å². The van der Waals surface area contributed by atoms with Gasteiger partial charge in [0.1, 0.15) is 0 Å². The zero-order valence-electron chi connectivity index (χ0n) is 16.7. The van der Waals surface area contributed by atoms with Crippen LogP contribution in [0.25, 0.3) is 0 Å². The maximum atomic E-state index is 11.9. The number of urea groups is 1. The van der Waals surface area contributed by atoms with Gasteiger partial charge < -0.3 is 10.4 Å². The Hall–Kier alpha value is -1.99. The van der Waals surface area contributed by atoms with E-state index in [0.29, 0.717) is 18.3 Å². The number of para-hydroxylation sites is 1. The van der Waals surface area contributed by atoms with Gasteiger partial charge in [-0.1, -0.05) is 30.4 Å². The minimum absolute atomic E-state index is 0.244. The van der Waals surface area contributed by atoms with Crippen molar-refractivity contribution in [3.05, 3.63) is 42.5 Å². The molecule has 3 rings (SSSR count). The molecule has 4 atom stereocenters. The van der Waals surface area contributed by atoms with Gasteiger partial charge >= 0.3 is 12.0 Å². The topological polar surface area (TPSA) is 90.5 Å². The first kappa shape index (κ1) is 21.7. The smallest absolute Gasteiger partial charge is 0.333 e. The first-order valence-corrected chi connectivity index (χ1v) is 11.4. The van der Waals surface area contributed by atoms with Crippen molar-refractivity contribution in [1.29, 1.82) is 0 Å². The number of carboxylic acid groups (broad SMARTS) is 1. The number of unbranched alkanes of at least 4 members (excludes halogenated alkanes) is 1. The number of amides is 2. The van der Waals surface area contributed by atoms with Crippen LogP contribution in [0.3, 0.4) is 0 Å². The van der Waals surface area contributed by atoms with E-state index >= 15 is 0 Å². The molecule has 2 saturated heterocycles. The summed E-state index contributed by atoms with van der Waals surface area (Å²) in [4.78, 5) is 22.5. The third-order valence-corrected chi connectivity index (χ3v) is 7.63. The van der Waals surface area contributed by atoms with Crippen molar-refractivity contribution in [3.63, 3.8) is 0 Å². The van der Waals surface area contributed by atoms with E-state index in [2.05, 4.69) is 40.1 Å². The molecule has 0 aromatic heterocycles. The van der Waals surface area contributed by atoms with E-state index in [4.69, 9.17) is 5.11 Å². The van der Waals surface area contributed by atoms with E-state index in [1.165, 1.54) is 12.8 Å². The Labute approximate surface area is 176 Å². The van der Waals surface area contributed by atoms with Crippen molar-refractivity contribution >= 4 is 29.4 Å². The molecule has 7 heteroatoms. The number of fused-ring (bicyclic) bond motifs is 2. The molecule has 2 aliphatic heterocycles. The molecule has 2 heterocycles. The molecule has 4 N–H and O–H groups in total. The maximum absolute atomic E-state index is 11.9. The minimum Gasteiger partial charge on any atom is -0.481 e. The van der Waals surface area contributed by atoms with E-state index in [1.54, 1.807) is 0 Å². The molecule has 1 aromatic carbocycles. The highest BCUT2D eigenvalue weighted by Crippen LogP contribution is 2.55. The highest BCUT2D eigenvalue weighted by atomic mass is 32.2. The average Bonchev–Trinajstić information content (AvgIpc) is 3.30. The van der Waals surface area contributed by atoms with Crippen molar-refractivity contribution in [2.45, 2.75) is 55.4 Å². The van der Waals surface area contributed by atoms with Gasteiger partial charge in [0.2, 0.25) is 0 Å². The van der Waals surface area contributed by atoms with Gasteiger partial charge in [0.15, 0.2) is 0 Å². The second-order valence-electron chi connectivity index (χ2n) is 7.77. The zero-order valence-corrected chi connectivity index (χ0v) is 17.5. The molecule has 0 spiro atoms. The number of carbonyl (C=O) groups is 2. The number of hydrogen-bond acceptors (Lipinski definition) is 4. The predicted octanol–water partition coefficient (Wildman–Crippen LogP) is 4.41. The fourth-order valence-electron chi connectivity index (χ4n) is 4.40. The van der Waals surface area contributed by atoms with Crippen LogP contribution in [0.1, 0.15) is 44.9 Å². The van der Waals surface area contributed by atoms with Crippen LogP contribution >= 0.6 is 11.8 Å². The van der Waals surface area contributed by atoms with Crippen molar-refractivity contribution in [3.8, 4) is 0 Å². The quantitative estimate of drug-likeness (QED) is 0.243. The molecule has 2 bridgehead atoms. The number of carbonyl (C=O) groups excluding carboxylic acids is 1. The molecule has 29 heavy (non-hydrogen) atoms. The Kier molecular flexibility index (Phi) is 8.43. The summed E-state index contributed by atoms with van der Waals surface area (Å²) in [5, 5.41) is 13.0. The third kappa shape index (κ3) is 6.78. The molecule has 2 aliphatic rings. The molecular weight excluding hydrogens is 386 g/mol. The lowest BCUT2D eigenvalue weighted by Gasteiger charge is -2.29. The predicted molar refractivity (Wildman–Crippen MR) is 118 cm³/mol. The van der Waals surface area contributed by atoms with E-state index in [-0.39, 0.29) is 12.5 Å². The van der Waals surface area contributed by atoms with E-state index in [0.717, 1.165) is 42.0 Å². The lowest BCUT2D eigenvalue weighted by atomic mass is 9.76. The number of rotatable bonds is 11. The molecule has 0 radical (unpaired) electrons.